The van der Waals surface area contributed by atoms with Crippen LogP contribution in [0.25, 0.3) is 21.5 Å². The van der Waals surface area contributed by atoms with Gasteiger partial charge in [0.05, 0.1) is 0 Å². The lowest BCUT2D eigenvalue weighted by Gasteiger charge is -2.10. The van der Waals surface area contributed by atoms with E-state index in [1.54, 1.807) is 30.3 Å². The Labute approximate surface area is 177 Å². The van der Waals surface area contributed by atoms with Gasteiger partial charge in [-0.2, -0.15) is 0 Å². The predicted octanol–water partition coefficient (Wildman–Crippen LogP) is 6.09. The predicted molar refractivity (Wildman–Crippen MR) is 118 cm³/mol. The van der Waals surface area contributed by atoms with E-state index in [1.165, 1.54) is 0 Å². The molecule has 6 nitrogen and oxygen atoms in total. The molecule has 5 rings (SSSR count). The first kappa shape index (κ1) is 18.7. The molecule has 0 radical (unpaired) electrons. The van der Waals surface area contributed by atoms with Gasteiger partial charge in [0.25, 0.3) is 0 Å². The van der Waals surface area contributed by atoms with Crippen LogP contribution in [-0.2, 0) is 0 Å². The molecule has 0 amide bonds. The standard InChI is InChI=1S/C25H18N2O4/c1-15-10-24(30-22-8-4-16-11-20(28)6-2-18(16)13-22)26-27-25(15)31-23-9-5-17-12-21(29)7-3-19(17)14-23/h2-14,28-29H,1H3. The minimum absolute atomic E-state index is 0.225. The van der Waals surface area contributed by atoms with E-state index in [2.05, 4.69) is 10.2 Å². The van der Waals surface area contributed by atoms with E-state index >= 15 is 0 Å². The largest absolute Gasteiger partial charge is 0.508 e. The van der Waals surface area contributed by atoms with Crippen molar-refractivity contribution in [3.63, 3.8) is 0 Å². The molecule has 5 aromatic rings. The number of aryl methyl sites for hydroxylation is 1. The molecule has 1 heterocycles. The normalized spacial score (nSPS) is 11.0. The molecule has 1 aromatic heterocycles. The van der Waals surface area contributed by atoms with E-state index in [-0.39, 0.29) is 11.5 Å². The second-order valence-electron chi connectivity index (χ2n) is 7.26. The molecular formula is C25H18N2O4. The highest BCUT2D eigenvalue weighted by atomic mass is 16.5. The molecule has 0 atom stereocenters. The van der Waals surface area contributed by atoms with Gasteiger partial charge in [0.2, 0.25) is 11.8 Å². The van der Waals surface area contributed by atoms with Gasteiger partial charge in [-0.05, 0) is 77.0 Å². The molecule has 4 aromatic carbocycles. The summed E-state index contributed by atoms with van der Waals surface area (Å²) in [5.41, 5.74) is 0.779. The van der Waals surface area contributed by atoms with Crippen molar-refractivity contribution < 1.29 is 19.7 Å². The number of ether oxygens (including phenoxy) is 2. The number of hydrogen-bond donors (Lipinski definition) is 2. The maximum absolute atomic E-state index is 9.59. The lowest BCUT2D eigenvalue weighted by molar-refractivity contribution is 0.424. The Hall–Kier alpha value is -4.32. The minimum Gasteiger partial charge on any atom is -0.508 e. The van der Waals surface area contributed by atoms with Crippen LogP contribution in [0.2, 0.25) is 0 Å². The number of rotatable bonds is 4. The second-order valence-corrected chi connectivity index (χ2v) is 7.26. The molecule has 0 unspecified atom stereocenters. The second kappa shape index (κ2) is 7.50. The van der Waals surface area contributed by atoms with Crippen LogP contribution in [-0.4, -0.2) is 20.4 Å². The highest BCUT2D eigenvalue weighted by Gasteiger charge is 2.09. The van der Waals surface area contributed by atoms with E-state index < -0.39 is 0 Å². The molecule has 0 saturated carbocycles. The Morgan fingerprint density at radius 1 is 0.581 bits per heavy atom. The van der Waals surface area contributed by atoms with Crippen molar-refractivity contribution in [3.05, 3.63) is 84.4 Å². The maximum atomic E-state index is 9.59. The summed E-state index contributed by atoms with van der Waals surface area (Å²) in [7, 11) is 0. The Morgan fingerprint density at radius 3 is 1.68 bits per heavy atom. The van der Waals surface area contributed by atoms with Gasteiger partial charge < -0.3 is 19.7 Å². The zero-order chi connectivity index (χ0) is 21.4. The SMILES string of the molecule is Cc1cc(Oc2ccc3cc(O)ccc3c2)nnc1Oc1ccc2cc(O)ccc2c1. The zero-order valence-electron chi connectivity index (χ0n) is 16.6. The van der Waals surface area contributed by atoms with Crippen LogP contribution in [0.4, 0.5) is 0 Å². The molecule has 0 fully saturated rings. The fraction of sp³-hybridized carbons (Fsp3) is 0.0400. The summed E-state index contributed by atoms with van der Waals surface area (Å²) in [4.78, 5) is 0. The number of aromatic hydroxyl groups is 2. The third-order valence-corrected chi connectivity index (χ3v) is 4.94. The Balaban J connectivity index is 1.36. The van der Waals surface area contributed by atoms with Gasteiger partial charge in [-0.3, -0.25) is 0 Å². The van der Waals surface area contributed by atoms with Crippen molar-refractivity contribution in [2.75, 3.05) is 0 Å². The Bertz CT molecular complexity index is 1430. The number of aromatic nitrogens is 2. The van der Waals surface area contributed by atoms with E-state index in [0.29, 0.717) is 23.3 Å². The third-order valence-electron chi connectivity index (χ3n) is 4.94. The van der Waals surface area contributed by atoms with Gasteiger partial charge in [-0.25, -0.2) is 0 Å². The van der Waals surface area contributed by atoms with E-state index in [0.717, 1.165) is 27.1 Å². The van der Waals surface area contributed by atoms with Gasteiger partial charge in [0, 0.05) is 11.6 Å². The summed E-state index contributed by atoms with van der Waals surface area (Å²) >= 11 is 0. The van der Waals surface area contributed by atoms with E-state index in [1.807, 2.05) is 55.5 Å². The summed E-state index contributed by atoms with van der Waals surface area (Å²) in [5, 5.41) is 31.2. The van der Waals surface area contributed by atoms with Crippen LogP contribution >= 0.6 is 0 Å². The fourth-order valence-corrected chi connectivity index (χ4v) is 3.38. The highest BCUT2D eigenvalue weighted by molar-refractivity contribution is 5.86. The fourth-order valence-electron chi connectivity index (χ4n) is 3.38. The van der Waals surface area contributed by atoms with Crippen molar-refractivity contribution in [2.24, 2.45) is 0 Å². The molecule has 0 aliphatic rings. The molecule has 0 spiro atoms. The summed E-state index contributed by atoms with van der Waals surface area (Å²) in [6.45, 7) is 1.87. The number of phenolic OH excluding ortho intramolecular Hbond substituents is 2. The summed E-state index contributed by atoms with van der Waals surface area (Å²) in [6, 6.07) is 23.3. The van der Waals surface area contributed by atoms with Crippen molar-refractivity contribution >= 4 is 21.5 Å². The molecule has 152 valence electrons. The van der Waals surface area contributed by atoms with Crippen LogP contribution in [0.1, 0.15) is 5.56 Å². The topological polar surface area (TPSA) is 84.7 Å². The molecule has 0 aliphatic carbocycles. The number of fused-ring (bicyclic) bond motifs is 2. The molecule has 31 heavy (non-hydrogen) atoms. The number of benzene rings is 4. The molecule has 6 heteroatoms. The molecule has 0 bridgehead atoms. The summed E-state index contributed by atoms with van der Waals surface area (Å²) in [5.74, 6) is 2.45. The van der Waals surface area contributed by atoms with Crippen molar-refractivity contribution in [3.8, 4) is 34.8 Å². The maximum Gasteiger partial charge on any atom is 0.242 e. The van der Waals surface area contributed by atoms with Crippen molar-refractivity contribution in [1.29, 1.82) is 0 Å². The van der Waals surface area contributed by atoms with Crippen molar-refractivity contribution in [2.45, 2.75) is 6.92 Å². The van der Waals surface area contributed by atoms with Gasteiger partial charge >= 0.3 is 0 Å². The highest BCUT2D eigenvalue weighted by Crippen LogP contribution is 2.31. The molecule has 2 N–H and O–H groups in total. The quantitative estimate of drug-likeness (QED) is 0.373. The molecular weight excluding hydrogens is 392 g/mol. The average molecular weight is 410 g/mol. The first-order valence-electron chi connectivity index (χ1n) is 9.69. The summed E-state index contributed by atoms with van der Waals surface area (Å²) < 4.78 is 11.8. The smallest absolute Gasteiger partial charge is 0.242 e. The van der Waals surface area contributed by atoms with Gasteiger partial charge in [0.1, 0.15) is 23.0 Å². The van der Waals surface area contributed by atoms with Crippen LogP contribution in [0.3, 0.4) is 0 Å². The number of nitrogens with zero attached hydrogens (tertiary/aromatic N) is 2. The van der Waals surface area contributed by atoms with Gasteiger partial charge in [-0.1, -0.05) is 24.3 Å². The van der Waals surface area contributed by atoms with Crippen LogP contribution in [0.15, 0.2) is 78.9 Å². The first-order chi connectivity index (χ1) is 15.0. The molecule has 0 aliphatic heterocycles. The van der Waals surface area contributed by atoms with Gasteiger partial charge in [0.15, 0.2) is 0 Å². The zero-order valence-corrected chi connectivity index (χ0v) is 16.6. The Morgan fingerprint density at radius 2 is 1.10 bits per heavy atom. The van der Waals surface area contributed by atoms with E-state index in [4.69, 9.17) is 9.47 Å². The first-order valence-corrected chi connectivity index (χ1v) is 9.69. The molecule has 0 saturated heterocycles. The van der Waals surface area contributed by atoms with Crippen molar-refractivity contribution in [1.82, 2.24) is 10.2 Å². The van der Waals surface area contributed by atoms with E-state index in [9.17, 15) is 10.2 Å². The van der Waals surface area contributed by atoms with Gasteiger partial charge in [-0.15, -0.1) is 10.2 Å². The lowest BCUT2D eigenvalue weighted by atomic mass is 10.1. The van der Waals surface area contributed by atoms with Crippen LogP contribution in [0, 0.1) is 6.92 Å². The van der Waals surface area contributed by atoms with Crippen LogP contribution in [0.5, 0.6) is 34.8 Å². The average Bonchev–Trinajstić information content (AvgIpc) is 2.76. The monoisotopic (exact) mass is 410 g/mol. The summed E-state index contributed by atoms with van der Waals surface area (Å²) in [6.07, 6.45) is 0. The number of phenols is 2. The van der Waals surface area contributed by atoms with Crippen LogP contribution < -0.4 is 9.47 Å². The number of hydrogen-bond acceptors (Lipinski definition) is 6. The Kier molecular flexibility index (Phi) is 4.52. The lowest BCUT2D eigenvalue weighted by Crippen LogP contribution is -1.97. The minimum atomic E-state index is 0.225. The third kappa shape index (κ3) is 3.91.